The minimum atomic E-state index is -0.256. The number of nitrogens with two attached hydrogens (primary N) is 1. The van der Waals surface area contributed by atoms with E-state index in [4.69, 9.17) is 5.73 Å². The Labute approximate surface area is 158 Å². The Kier molecular flexibility index (Phi) is 11.3. The van der Waals surface area contributed by atoms with Crippen LogP contribution in [0.2, 0.25) is 0 Å². The summed E-state index contributed by atoms with van der Waals surface area (Å²) in [5.74, 6) is -0.185. The summed E-state index contributed by atoms with van der Waals surface area (Å²) in [6.07, 6.45) is 5.26. The Balaban J connectivity index is 0.00000264. The molecule has 4 nitrogen and oxygen atoms in total. The monoisotopic (exact) mass is 375 g/mol. The lowest BCUT2D eigenvalue weighted by atomic mass is 9.95. The zero-order valence-corrected chi connectivity index (χ0v) is 16.2. The van der Waals surface area contributed by atoms with Gasteiger partial charge in [-0.25, -0.2) is 0 Å². The molecule has 0 aromatic heterocycles. The van der Waals surface area contributed by atoms with Crippen LogP contribution in [0.4, 0.5) is 0 Å². The molecule has 6 heteroatoms. The molecule has 1 aliphatic carbocycles. The molecule has 2 rings (SSSR count). The van der Waals surface area contributed by atoms with Crippen LogP contribution >= 0.6 is 24.8 Å². The van der Waals surface area contributed by atoms with Crippen molar-refractivity contribution < 1.29 is 4.79 Å². The highest BCUT2D eigenvalue weighted by Gasteiger charge is 2.23. The zero-order valence-electron chi connectivity index (χ0n) is 14.6. The van der Waals surface area contributed by atoms with Gasteiger partial charge < -0.3 is 16.0 Å². The van der Waals surface area contributed by atoms with E-state index in [1.54, 1.807) is 0 Å². The number of carbonyl (C=O) groups is 1. The number of carbonyl (C=O) groups excluding carboxylic acids is 1. The largest absolute Gasteiger partial charge is 0.355 e. The Morgan fingerprint density at radius 2 is 1.83 bits per heavy atom. The van der Waals surface area contributed by atoms with E-state index in [0.717, 1.165) is 12.1 Å². The lowest BCUT2D eigenvalue weighted by Crippen LogP contribution is -2.41. The SMILES string of the molecule is CC(C(=O)NCCN(C)C1CCCC1)C(N)c1ccccc1.Cl.Cl. The molecule has 1 aliphatic rings. The van der Waals surface area contributed by atoms with Crippen LogP contribution in [-0.2, 0) is 4.79 Å². The molecule has 2 unspecified atom stereocenters. The molecular weight excluding hydrogens is 345 g/mol. The molecule has 0 radical (unpaired) electrons. The van der Waals surface area contributed by atoms with Crippen LogP contribution in [0, 0.1) is 5.92 Å². The molecule has 3 N–H and O–H groups in total. The fraction of sp³-hybridized carbons (Fsp3) is 0.611. The van der Waals surface area contributed by atoms with Gasteiger partial charge in [0.15, 0.2) is 0 Å². The van der Waals surface area contributed by atoms with Gasteiger partial charge in [-0.2, -0.15) is 0 Å². The van der Waals surface area contributed by atoms with Crippen LogP contribution in [0.15, 0.2) is 30.3 Å². The van der Waals surface area contributed by atoms with Gasteiger partial charge in [0.1, 0.15) is 0 Å². The van der Waals surface area contributed by atoms with Gasteiger partial charge in [-0.15, -0.1) is 24.8 Å². The highest BCUT2D eigenvalue weighted by molar-refractivity contribution is 5.85. The average Bonchev–Trinajstić information content (AvgIpc) is 3.08. The second-order valence-corrected chi connectivity index (χ2v) is 6.44. The van der Waals surface area contributed by atoms with Crippen molar-refractivity contribution in [3.05, 3.63) is 35.9 Å². The van der Waals surface area contributed by atoms with Gasteiger partial charge in [0, 0.05) is 25.2 Å². The second kappa shape index (κ2) is 11.7. The van der Waals surface area contributed by atoms with Crippen LogP contribution in [0.1, 0.15) is 44.2 Å². The summed E-state index contributed by atoms with van der Waals surface area (Å²) in [4.78, 5) is 14.6. The molecule has 2 atom stereocenters. The lowest BCUT2D eigenvalue weighted by molar-refractivity contribution is -0.125. The predicted molar refractivity (Wildman–Crippen MR) is 105 cm³/mol. The van der Waals surface area contributed by atoms with E-state index >= 15 is 0 Å². The molecule has 1 fully saturated rings. The van der Waals surface area contributed by atoms with E-state index in [2.05, 4.69) is 17.3 Å². The molecule has 24 heavy (non-hydrogen) atoms. The smallest absolute Gasteiger partial charge is 0.224 e. The zero-order chi connectivity index (χ0) is 15.9. The van der Waals surface area contributed by atoms with Crippen molar-refractivity contribution in [2.75, 3.05) is 20.1 Å². The Hall–Kier alpha value is -0.810. The summed E-state index contributed by atoms with van der Waals surface area (Å²) in [5, 5.41) is 3.03. The number of halogens is 2. The number of nitrogens with one attached hydrogen (secondary N) is 1. The summed E-state index contributed by atoms with van der Waals surface area (Å²) in [6.45, 7) is 3.50. The first-order valence-corrected chi connectivity index (χ1v) is 8.38. The Bertz CT molecular complexity index is 467. The van der Waals surface area contributed by atoms with Gasteiger partial charge in [-0.05, 0) is 25.5 Å². The van der Waals surface area contributed by atoms with Gasteiger partial charge in [0.05, 0.1) is 5.92 Å². The van der Waals surface area contributed by atoms with Gasteiger partial charge in [0.25, 0.3) is 0 Å². The van der Waals surface area contributed by atoms with Crippen LogP contribution in [-0.4, -0.2) is 37.0 Å². The Morgan fingerprint density at radius 1 is 1.25 bits per heavy atom. The highest BCUT2D eigenvalue weighted by Crippen LogP contribution is 2.22. The molecule has 138 valence electrons. The van der Waals surface area contributed by atoms with Crippen LogP contribution < -0.4 is 11.1 Å². The first kappa shape index (κ1) is 23.2. The fourth-order valence-corrected chi connectivity index (χ4v) is 3.17. The number of rotatable bonds is 7. The summed E-state index contributed by atoms with van der Waals surface area (Å²) < 4.78 is 0. The van der Waals surface area contributed by atoms with Crippen molar-refractivity contribution in [2.45, 2.75) is 44.7 Å². The van der Waals surface area contributed by atoms with E-state index < -0.39 is 0 Å². The van der Waals surface area contributed by atoms with Gasteiger partial charge >= 0.3 is 0 Å². The van der Waals surface area contributed by atoms with Crippen LogP contribution in [0.25, 0.3) is 0 Å². The highest BCUT2D eigenvalue weighted by atomic mass is 35.5. The number of hydrogen-bond donors (Lipinski definition) is 2. The molecule has 1 amide bonds. The van der Waals surface area contributed by atoms with E-state index in [1.807, 2.05) is 37.3 Å². The predicted octanol–water partition coefficient (Wildman–Crippen LogP) is 3.16. The summed E-state index contributed by atoms with van der Waals surface area (Å²) in [6, 6.07) is 10.3. The molecule has 0 heterocycles. The van der Waals surface area contributed by atoms with Crippen LogP contribution in [0.5, 0.6) is 0 Å². The number of amides is 1. The van der Waals surface area contributed by atoms with Gasteiger partial charge in [-0.3, -0.25) is 4.79 Å². The van der Waals surface area contributed by atoms with E-state index in [1.165, 1.54) is 25.7 Å². The van der Waals surface area contributed by atoms with E-state index in [9.17, 15) is 4.79 Å². The first-order valence-electron chi connectivity index (χ1n) is 8.38. The number of benzene rings is 1. The summed E-state index contributed by atoms with van der Waals surface area (Å²) in [7, 11) is 2.15. The number of hydrogen-bond acceptors (Lipinski definition) is 3. The normalized spacial score (nSPS) is 16.8. The minimum absolute atomic E-state index is 0. The van der Waals surface area contributed by atoms with Crippen molar-refractivity contribution in [1.29, 1.82) is 0 Å². The molecule has 0 bridgehead atoms. The minimum Gasteiger partial charge on any atom is -0.355 e. The molecule has 0 spiro atoms. The van der Waals surface area contributed by atoms with Crippen molar-refractivity contribution >= 4 is 30.7 Å². The van der Waals surface area contributed by atoms with Crippen molar-refractivity contribution in [2.24, 2.45) is 11.7 Å². The topological polar surface area (TPSA) is 58.4 Å². The molecule has 1 aromatic rings. The standard InChI is InChI=1S/C18H29N3O.2ClH/c1-14(17(19)15-8-4-3-5-9-15)18(22)20-12-13-21(2)16-10-6-7-11-16;;/h3-5,8-9,14,16-17H,6-7,10-13,19H2,1-2H3,(H,20,22);2*1H. The van der Waals surface area contributed by atoms with Crippen molar-refractivity contribution in [3.63, 3.8) is 0 Å². The summed E-state index contributed by atoms with van der Waals surface area (Å²) >= 11 is 0. The maximum absolute atomic E-state index is 12.3. The first-order chi connectivity index (χ1) is 10.6. The lowest BCUT2D eigenvalue weighted by Gasteiger charge is -2.25. The van der Waals surface area contributed by atoms with Gasteiger partial charge in [0.2, 0.25) is 5.91 Å². The number of nitrogens with zero attached hydrogens (tertiary/aromatic N) is 1. The number of likely N-dealkylation sites (N-methyl/N-ethyl adjacent to an activating group) is 1. The molecule has 0 saturated heterocycles. The average molecular weight is 376 g/mol. The third-order valence-corrected chi connectivity index (χ3v) is 4.85. The third-order valence-electron chi connectivity index (χ3n) is 4.85. The quantitative estimate of drug-likeness (QED) is 0.769. The van der Waals surface area contributed by atoms with E-state index in [-0.39, 0.29) is 42.7 Å². The molecule has 1 aromatic carbocycles. The van der Waals surface area contributed by atoms with Gasteiger partial charge in [-0.1, -0.05) is 50.1 Å². The van der Waals surface area contributed by atoms with Crippen molar-refractivity contribution in [3.8, 4) is 0 Å². The molecular formula is C18H31Cl2N3O. The Morgan fingerprint density at radius 3 is 2.42 bits per heavy atom. The summed E-state index contributed by atoms with van der Waals surface area (Å²) in [5.41, 5.74) is 7.21. The third kappa shape index (κ3) is 6.60. The maximum Gasteiger partial charge on any atom is 0.224 e. The second-order valence-electron chi connectivity index (χ2n) is 6.44. The maximum atomic E-state index is 12.3. The van der Waals surface area contributed by atoms with Crippen molar-refractivity contribution in [1.82, 2.24) is 10.2 Å². The van der Waals surface area contributed by atoms with E-state index in [0.29, 0.717) is 12.6 Å². The fourth-order valence-electron chi connectivity index (χ4n) is 3.17. The molecule has 1 saturated carbocycles. The molecule has 0 aliphatic heterocycles. The van der Waals surface area contributed by atoms with Crippen LogP contribution in [0.3, 0.4) is 0 Å².